The number of carbonyl (C=O) groups is 1. The summed E-state index contributed by atoms with van der Waals surface area (Å²) in [6.07, 6.45) is 7.70. The van der Waals surface area contributed by atoms with Crippen molar-refractivity contribution in [3.63, 3.8) is 0 Å². The molecule has 4 N–H and O–H groups in total. The zero-order chi connectivity index (χ0) is 12.1. The lowest BCUT2D eigenvalue weighted by atomic mass is 9.71. The molecule has 1 heterocycles. The van der Waals surface area contributed by atoms with Crippen molar-refractivity contribution >= 4 is 5.91 Å². The molecule has 0 aromatic carbocycles. The summed E-state index contributed by atoms with van der Waals surface area (Å²) < 4.78 is 0. The fraction of sp³-hybridized carbons (Fsp3) is 0.923. The Morgan fingerprint density at radius 3 is 2.71 bits per heavy atom. The molecule has 4 heteroatoms. The lowest BCUT2D eigenvalue weighted by Gasteiger charge is -2.35. The van der Waals surface area contributed by atoms with Crippen molar-refractivity contribution in [1.82, 2.24) is 10.6 Å². The van der Waals surface area contributed by atoms with Gasteiger partial charge in [0.1, 0.15) is 0 Å². The van der Waals surface area contributed by atoms with Crippen molar-refractivity contribution < 1.29 is 4.79 Å². The summed E-state index contributed by atoms with van der Waals surface area (Å²) in [5.74, 6) is 0.200. The van der Waals surface area contributed by atoms with Gasteiger partial charge in [0.25, 0.3) is 0 Å². The topological polar surface area (TPSA) is 67.2 Å². The maximum atomic E-state index is 12.0. The molecule has 1 aliphatic heterocycles. The first-order valence-electron chi connectivity index (χ1n) is 6.94. The van der Waals surface area contributed by atoms with Gasteiger partial charge in [0.15, 0.2) is 0 Å². The van der Waals surface area contributed by atoms with E-state index in [1.54, 1.807) is 0 Å². The zero-order valence-electron chi connectivity index (χ0n) is 10.6. The summed E-state index contributed by atoms with van der Waals surface area (Å²) in [6, 6.07) is 0.334. The average Bonchev–Trinajstić information content (AvgIpc) is 2.83. The number of carbonyl (C=O) groups excluding carboxylic acids is 1. The van der Waals surface area contributed by atoms with Crippen LogP contribution in [0.2, 0.25) is 0 Å². The minimum Gasteiger partial charge on any atom is -0.352 e. The second-order valence-corrected chi connectivity index (χ2v) is 5.70. The molecule has 0 aromatic rings. The van der Waals surface area contributed by atoms with Crippen LogP contribution in [0.15, 0.2) is 0 Å². The molecule has 0 aromatic heterocycles. The highest BCUT2D eigenvalue weighted by molar-refractivity contribution is 5.77. The van der Waals surface area contributed by atoms with E-state index < -0.39 is 0 Å². The molecule has 2 rings (SSSR count). The van der Waals surface area contributed by atoms with Crippen LogP contribution in [0.4, 0.5) is 0 Å². The van der Waals surface area contributed by atoms with E-state index in [9.17, 15) is 4.79 Å². The summed E-state index contributed by atoms with van der Waals surface area (Å²) in [7, 11) is 0. The predicted octanol–water partition coefficient (Wildman–Crippen LogP) is 0.764. The Morgan fingerprint density at radius 2 is 2.12 bits per heavy atom. The lowest BCUT2D eigenvalue weighted by molar-refractivity contribution is -0.124. The molecule has 1 unspecified atom stereocenters. The molecule has 1 atom stereocenters. The van der Waals surface area contributed by atoms with Crippen LogP contribution in [0.3, 0.4) is 0 Å². The molecule has 17 heavy (non-hydrogen) atoms. The second-order valence-electron chi connectivity index (χ2n) is 5.70. The smallest absolute Gasteiger partial charge is 0.220 e. The van der Waals surface area contributed by atoms with Crippen molar-refractivity contribution in [2.24, 2.45) is 11.1 Å². The zero-order valence-corrected chi connectivity index (χ0v) is 10.6. The number of hydrogen-bond donors (Lipinski definition) is 3. The van der Waals surface area contributed by atoms with Gasteiger partial charge in [-0.25, -0.2) is 0 Å². The Balaban J connectivity index is 1.82. The van der Waals surface area contributed by atoms with Gasteiger partial charge in [0, 0.05) is 19.0 Å². The van der Waals surface area contributed by atoms with Crippen molar-refractivity contribution in [1.29, 1.82) is 0 Å². The minimum atomic E-state index is 0.0916. The van der Waals surface area contributed by atoms with Crippen LogP contribution >= 0.6 is 0 Å². The number of rotatable bonds is 4. The van der Waals surface area contributed by atoms with E-state index in [-0.39, 0.29) is 11.3 Å². The molecule has 0 spiro atoms. The molecule has 1 aliphatic carbocycles. The Bertz CT molecular complexity index is 255. The Kier molecular flexibility index (Phi) is 4.40. The Morgan fingerprint density at radius 1 is 1.35 bits per heavy atom. The quantitative estimate of drug-likeness (QED) is 0.678. The van der Waals surface area contributed by atoms with Gasteiger partial charge in [-0.3, -0.25) is 4.79 Å². The number of amides is 1. The summed E-state index contributed by atoms with van der Waals surface area (Å²) in [4.78, 5) is 12.0. The van der Waals surface area contributed by atoms with Gasteiger partial charge in [-0.15, -0.1) is 0 Å². The van der Waals surface area contributed by atoms with E-state index in [0.717, 1.165) is 32.4 Å². The van der Waals surface area contributed by atoms with Gasteiger partial charge < -0.3 is 16.4 Å². The first-order valence-corrected chi connectivity index (χ1v) is 6.94. The Labute approximate surface area is 104 Å². The molecule has 1 saturated carbocycles. The molecule has 2 fully saturated rings. The van der Waals surface area contributed by atoms with E-state index in [2.05, 4.69) is 10.6 Å². The molecule has 2 aliphatic rings. The molecule has 4 nitrogen and oxygen atoms in total. The number of hydrogen-bond acceptors (Lipinski definition) is 3. The fourth-order valence-electron chi connectivity index (χ4n) is 3.15. The third-order valence-corrected chi connectivity index (χ3v) is 4.31. The van der Waals surface area contributed by atoms with Gasteiger partial charge >= 0.3 is 0 Å². The molecule has 1 amide bonds. The molecular formula is C13H25N3O. The fourth-order valence-corrected chi connectivity index (χ4v) is 3.15. The molecule has 1 saturated heterocycles. The minimum absolute atomic E-state index is 0.0916. The van der Waals surface area contributed by atoms with Crippen LogP contribution in [0.1, 0.15) is 44.9 Å². The van der Waals surface area contributed by atoms with Gasteiger partial charge in [-0.05, 0) is 37.8 Å². The molecule has 0 radical (unpaired) electrons. The predicted molar refractivity (Wildman–Crippen MR) is 68.6 cm³/mol. The van der Waals surface area contributed by atoms with Crippen LogP contribution < -0.4 is 16.4 Å². The maximum Gasteiger partial charge on any atom is 0.220 e. The summed E-state index contributed by atoms with van der Waals surface area (Å²) in [6.45, 7) is 2.59. The molecule has 0 bridgehead atoms. The van der Waals surface area contributed by atoms with E-state index in [4.69, 9.17) is 5.73 Å². The summed E-state index contributed by atoms with van der Waals surface area (Å²) >= 11 is 0. The number of nitrogens with one attached hydrogen (secondary N) is 2. The van der Waals surface area contributed by atoms with E-state index in [1.165, 1.54) is 19.3 Å². The highest BCUT2D eigenvalue weighted by Gasteiger charge is 2.33. The SMILES string of the molecule is NCC1(CC(=O)NC2CCNC2)CCCCC1. The normalized spacial score (nSPS) is 27.9. The van der Waals surface area contributed by atoms with Crippen LogP contribution in [-0.4, -0.2) is 31.6 Å². The van der Waals surface area contributed by atoms with Crippen molar-refractivity contribution in [3.8, 4) is 0 Å². The van der Waals surface area contributed by atoms with E-state index in [1.807, 2.05) is 0 Å². The summed E-state index contributed by atoms with van der Waals surface area (Å²) in [5, 5.41) is 6.39. The lowest BCUT2D eigenvalue weighted by Crippen LogP contribution is -2.42. The average molecular weight is 239 g/mol. The Hall–Kier alpha value is -0.610. The third-order valence-electron chi connectivity index (χ3n) is 4.31. The van der Waals surface area contributed by atoms with Crippen molar-refractivity contribution in [2.45, 2.75) is 51.0 Å². The highest BCUT2D eigenvalue weighted by Crippen LogP contribution is 2.38. The van der Waals surface area contributed by atoms with Crippen LogP contribution in [0.5, 0.6) is 0 Å². The summed E-state index contributed by atoms with van der Waals surface area (Å²) in [5.41, 5.74) is 5.99. The van der Waals surface area contributed by atoms with Gasteiger partial charge in [-0.2, -0.15) is 0 Å². The number of nitrogens with two attached hydrogens (primary N) is 1. The van der Waals surface area contributed by atoms with Gasteiger partial charge in [0.05, 0.1) is 0 Å². The van der Waals surface area contributed by atoms with Crippen molar-refractivity contribution in [2.75, 3.05) is 19.6 Å². The van der Waals surface area contributed by atoms with Crippen LogP contribution in [0, 0.1) is 5.41 Å². The monoisotopic (exact) mass is 239 g/mol. The highest BCUT2D eigenvalue weighted by atomic mass is 16.1. The van der Waals surface area contributed by atoms with E-state index >= 15 is 0 Å². The van der Waals surface area contributed by atoms with Crippen LogP contribution in [0.25, 0.3) is 0 Å². The standard InChI is InChI=1S/C13H25N3O/c14-10-13(5-2-1-3-6-13)8-12(17)16-11-4-7-15-9-11/h11,15H,1-10,14H2,(H,16,17). The largest absolute Gasteiger partial charge is 0.352 e. The van der Waals surface area contributed by atoms with E-state index in [0.29, 0.717) is 19.0 Å². The van der Waals surface area contributed by atoms with Crippen molar-refractivity contribution in [3.05, 3.63) is 0 Å². The van der Waals surface area contributed by atoms with Crippen LogP contribution in [-0.2, 0) is 4.79 Å². The van der Waals surface area contributed by atoms with Gasteiger partial charge in [0.2, 0.25) is 5.91 Å². The third kappa shape index (κ3) is 3.42. The molecular weight excluding hydrogens is 214 g/mol. The maximum absolute atomic E-state index is 12.0. The second kappa shape index (κ2) is 5.83. The van der Waals surface area contributed by atoms with Gasteiger partial charge in [-0.1, -0.05) is 19.3 Å². The molecule has 98 valence electrons. The first-order chi connectivity index (χ1) is 8.24. The first kappa shape index (κ1) is 12.8.